The predicted octanol–water partition coefficient (Wildman–Crippen LogP) is 5.88. The zero-order valence-corrected chi connectivity index (χ0v) is 25.6. The number of rotatable bonds is 9. The van der Waals surface area contributed by atoms with Crippen molar-refractivity contribution < 1.29 is 27.1 Å². The largest absolute Gasteiger partial charge is 0.436 e. The van der Waals surface area contributed by atoms with Crippen LogP contribution in [0.5, 0.6) is 11.6 Å². The van der Waals surface area contributed by atoms with Gasteiger partial charge in [-0.15, -0.1) is 0 Å². The van der Waals surface area contributed by atoms with E-state index in [9.17, 15) is 17.6 Å². The van der Waals surface area contributed by atoms with Crippen LogP contribution in [0.1, 0.15) is 69.8 Å². The van der Waals surface area contributed by atoms with Crippen molar-refractivity contribution in [1.82, 2.24) is 14.8 Å². The highest BCUT2D eigenvalue weighted by atomic mass is 32.2. The fraction of sp³-hybridized carbons (Fsp3) is 0.324. The number of nitrogen functional groups attached to an aromatic ring is 1. The van der Waals surface area contributed by atoms with E-state index in [2.05, 4.69) is 16.1 Å². The number of carbonyl (C=O) groups excluding carboxylic acids is 1. The molecular formula is C34H33FN4O5S. The van der Waals surface area contributed by atoms with Crippen LogP contribution >= 0.6 is 0 Å². The quantitative estimate of drug-likeness (QED) is 0.228. The maximum Gasteiger partial charge on any atom is 0.219 e. The van der Waals surface area contributed by atoms with Crippen LogP contribution < -0.4 is 10.5 Å². The van der Waals surface area contributed by atoms with Crippen LogP contribution in [0.4, 0.5) is 10.2 Å². The van der Waals surface area contributed by atoms with Crippen LogP contribution in [-0.2, 0) is 26.7 Å². The van der Waals surface area contributed by atoms with E-state index >= 15 is 0 Å². The molecule has 0 spiro atoms. The highest BCUT2D eigenvalue weighted by molar-refractivity contribution is 7.91. The molecule has 0 unspecified atom stereocenters. The number of nitrogens with zero attached hydrogens (tertiary/aromatic N) is 3. The van der Waals surface area contributed by atoms with Crippen LogP contribution in [-0.4, -0.2) is 47.4 Å². The lowest BCUT2D eigenvalue weighted by Crippen LogP contribution is -2.30. The number of hydrogen-bond donors (Lipinski definition) is 1. The van der Waals surface area contributed by atoms with Gasteiger partial charge in [0.2, 0.25) is 5.88 Å². The van der Waals surface area contributed by atoms with E-state index < -0.39 is 15.7 Å². The molecule has 0 amide bonds. The van der Waals surface area contributed by atoms with Gasteiger partial charge in [0, 0.05) is 31.3 Å². The van der Waals surface area contributed by atoms with Crippen LogP contribution in [0, 0.1) is 12.7 Å². The first-order valence-electron chi connectivity index (χ1n) is 15.1. The van der Waals surface area contributed by atoms with Gasteiger partial charge in [0.25, 0.3) is 0 Å². The molecule has 2 aromatic heterocycles. The third-order valence-corrected chi connectivity index (χ3v) is 11.0. The molecule has 2 aromatic carbocycles. The van der Waals surface area contributed by atoms with Gasteiger partial charge in [0.1, 0.15) is 5.82 Å². The first-order chi connectivity index (χ1) is 21.7. The number of ether oxygens (including phenoxy) is 2. The van der Waals surface area contributed by atoms with Gasteiger partial charge in [0.05, 0.1) is 34.6 Å². The fourth-order valence-corrected chi connectivity index (χ4v) is 8.04. The van der Waals surface area contributed by atoms with E-state index in [0.29, 0.717) is 55.2 Å². The molecule has 0 bridgehead atoms. The second-order valence-corrected chi connectivity index (χ2v) is 14.3. The van der Waals surface area contributed by atoms with E-state index in [4.69, 9.17) is 15.2 Å². The highest BCUT2D eigenvalue weighted by Crippen LogP contribution is 2.45. The molecule has 9 nitrogen and oxygen atoms in total. The summed E-state index contributed by atoms with van der Waals surface area (Å²) in [5.74, 6) is 0.0870. The molecule has 45 heavy (non-hydrogen) atoms. The van der Waals surface area contributed by atoms with Crippen molar-refractivity contribution in [2.24, 2.45) is 0 Å². The Hall–Kier alpha value is -4.35. The van der Waals surface area contributed by atoms with Crippen molar-refractivity contribution in [2.75, 3.05) is 18.9 Å². The third kappa shape index (κ3) is 5.78. The van der Waals surface area contributed by atoms with Crippen LogP contribution in [0.2, 0.25) is 0 Å². The Bertz CT molecular complexity index is 1960. The van der Waals surface area contributed by atoms with Gasteiger partial charge in [0.15, 0.2) is 27.2 Å². The van der Waals surface area contributed by atoms with Crippen molar-refractivity contribution in [1.29, 1.82) is 0 Å². The third-order valence-electron chi connectivity index (χ3n) is 8.84. The Labute approximate surface area is 260 Å². The number of benzene rings is 2. The number of carbonyl (C=O) groups is 1. The van der Waals surface area contributed by atoms with E-state index in [-0.39, 0.29) is 39.8 Å². The number of pyridine rings is 1. The first kappa shape index (κ1) is 29.4. The number of hydrogen-bond acceptors (Lipinski definition) is 8. The lowest BCUT2D eigenvalue weighted by molar-refractivity contribution is 0.0983. The molecule has 2 aliphatic carbocycles. The average Bonchev–Trinajstić information content (AvgIpc) is 3.68. The zero-order valence-electron chi connectivity index (χ0n) is 24.8. The van der Waals surface area contributed by atoms with Gasteiger partial charge in [-0.05, 0) is 84.6 Å². The number of nitrogens with two attached hydrogens (primary N) is 1. The molecule has 7 rings (SSSR count). The van der Waals surface area contributed by atoms with E-state index in [0.717, 1.165) is 35.1 Å². The number of anilines is 1. The molecule has 1 saturated heterocycles. The lowest BCUT2D eigenvalue weighted by atomic mass is 9.97. The maximum absolute atomic E-state index is 14.0. The van der Waals surface area contributed by atoms with Crippen LogP contribution in [0.15, 0.2) is 60.4 Å². The minimum atomic E-state index is -3.33. The Morgan fingerprint density at radius 3 is 2.62 bits per heavy atom. The van der Waals surface area contributed by atoms with E-state index in [1.54, 1.807) is 18.2 Å². The predicted molar refractivity (Wildman–Crippen MR) is 168 cm³/mol. The number of aryl methyl sites for hydroxylation is 1. The molecule has 4 aromatic rings. The molecule has 3 heterocycles. The summed E-state index contributed by atoms with van der Waals surface area (Å²) < 4.78 is 53.1. The highest BCUT2D eigenvalue weighted by Gasteiger charge is 2.34. The number of allylic oxidation sites excluding steroid dienone is 1. The standard InChI is InChI=1S/C34H33FN4O5S/c1-20-12-32(44-31-5-3-2-4-29(31)35)37-18-30(20)39-34(36)28(17-38-39)33(40)24-13-22-15-25(27(21-6-7-21)16-23(22)14-24)19-45(41,42)26-8-10-43-11-9-26/h2-5,12,14-18,21,26H,6-11,13,19,36H2,1H3. The monoisotopic (exact) mass is 628 g/mol. The minimum absolute atomic E-state index is 0.0112. The molecule has 232 valence electrons. The normalized spacial score (nSPS) is 16.8. The lowest BCUT2D eigenvalue weighted by Gasteiger charge is -2.23. The van der Waals surface area contributed by atoms with Gasteiger partial charge in [-0.2, -0.15) is 5.10 Å². The average molecular weight is 629 g/mol. The first-order valence-corrected chi connectivity index (χ1v) is 16.8. The van der Waals surface area contributed by atoms with E-state index in [1.807, 2.05) is 19.1 Å². The topological polar surface area (TPSA) is 126 Å². The Morgan fingerprint density at radius 1 is 1.11 bits per heavy atom. The summed E-state index contributed by atoms with van der Waals surface area (Å²) in [7, 11) is -3.33. The summed E-state index contributed by atoms with van der Waals surface area (Å²) in [5.41, 5.74) is 12.4. The Kier molecular flexibility index (Phi) is 7.53. The van der Waals surface area contributed by atoms with Gasteiger partial charge in [-0.25, -0.2) is 22.5 Å². The number of halogens is 1. The van der Waals surface area contributed by atoms with Crippen molar-refractivity contribution in [2.45, 2.75) is 55.9 Å². The second kappa shape index (κ2) is 11.5. The van der Waals surface area contributed by atoms with E-state index in [1.165, 1.54) is 29.2 Å². The van der Waals surface area contributed by atoms with Crippen molar-refractivity contribution >= 4 is 27.5 Å². The number of aromatic nitrogens is 3. The summed E-state index contributed by atoms with van der Waals surface area (Å²) in [6, 6.07) is 11.8. The molecule has 1 saturated carbocycles. The number of sulfone groups is 1. The molecule has 2 N–H and O–H groups in total. The van der Waals surface area contributed by atoms with Gasteiger partial charge >= 0.3 is 0 Å². The number of para-hydroxylation sites is 1. The van der Waals surface area contributed by atoms with Crippen LogP contribution in [0.25, 0.3) is 11.8 Å². The Morgan fingerprint density at radius 2 is 1.89 bits per heavy atom. The van der Waals surface area contributed by atoms with Gasteiger partial charge in [-0.1, -0.05) is 24.3 Å². The summed E-state index contributed by atoms with van der Waals surface area (Å²) in [5, 5.41) is 4.01. The van der Waals surface area contributed by atoms with Crippen molar-refractivity contribution in [3.63, 3.8) is 0 Å². The molecule has 2 fully saturated rings. The second-order valence-electron chi connectivity index (χ2n) is 12.0. The molecule has 3 aliphatic rings. The summed E-state index contributed by atoms with van der Waals surface area (Å²) in [4.78, 5) is 18.0. The Balaban J connectivity index is 1.11. The van der Waals surface area contributed by atoms with Gasteiger partial charge < -0.3 is 15.2 Å². The summed E-state index contributed by atoms with van der Waals surface area (Å²) >= 11 is 0. The number of Topliss-reactive ketones (excluding diaryl/α,β-unsaturated/α-hetero) is 1. The number of ketones is 1. The SMILES string of the molecule is Cc1cc(Oc2ccccc2F)ncc1-n1ncc(C(=O)C2=Cc3cc(C4CC4)c(CS(=O)(=O)C4CCOCC4)cc3C2)c1N. The zero-order chi connectivity index (χ0) is 31.3. The molecular weight excluding hydrogens is 595 g/mol. The summed E-state index contributed by atoms with van der Waals surface area (Å²) in [6.07, 6.45) is 8.38. The van der Waals surface area contributed by atoms with Crippen molar-refractivity contribution in [3.8, 4) is 17.3 Å². The maximum atomic E-state index is 14.0. The summed E-state index contributed by atoms with van der Waals surface area (Å²) in [6.45, 7) is 2.77. The molecule has 0 atom stereocenters. The molecule has 11 heteroatoms. The molecule has 0 radical (unpaired) electrons. The smallest absolute Gasteiger partial charge is 0.219 e. The number of fused-ring (bicyclic) bond motifs is 1. The fourth-order valence-electron chi connectivity index (χ4n) is 6.21. The minimum Gasteiger partial charge on any atom is -0.436 e. The van der Waals surface area contributed by atoms with Crippen molar-refractivity contribution in [3.05, 3.63) is 99.6 Å². The molecule has 1 aliphatic heterocycles. The van der Waals surface area contributed by atoms with Gasteiger partial charge in [-0.3, -0.25) is 4.79 Å². The van der Waals surface area contributed by atoms with Crippen LogP contribution in [0.3, 0.4) is 0 Å².